The van der Waals surface area contributed by atoms with Crippen molar-refractivity contribution in [1.82, 2.24) is 24.8 Å². The molecule has 2 aromatic heterocycles. The standard InChI is InChI=1S/C11H10N6OS/c12-8-3-1-7(2-4-8)6-19-11-16-15-10-14-9(18)5-13-17(10)11/h1-5H,6,12H2,(H,14,15,18). The van der Waals surface area contributed by atoms with Crippen molar-refractivity contribution < 1.29 is 0 Å². The summed E-state index contributed by atoms with van der Waals surface area (Å²) in [5, 5.41) is 12.4. The summed E-state index contributed by atoms with van der Waals surface area (Å²) in [5.74, 6) is 1.06. The number of thioether (sulfide) groups is 1. The van der Waals surface area contributed by atoms with Crippen LogP contribution in [0.3, 0.4) is 0 Å². The van der Waals surface area contributed by atoms with Crippen LogP contribution in [0, 0.1) is 0 Å². The van der Waals surface area contributed by atoms with Crippen LogP contribution in [0.5, 0.6) is 0 Å². The summed E-state index contributed by atoms with van der Waals surface area (Å²) < 4.78 is 1.50. The van der Waals surface area contributed by atoms with Gasteiger partial charge in [0, 0.05) is 11.4 Å². The Kier molecular flexibility index (Phi) is 2.92. The molecule has 7 nitrogen and oxygen atoms in total. The molecule has 2 heterocycles. The average Bonchev–Trinajstić information content (AvgIpc) is 2.80. The van der Waals surface area contributed by atoms with Gasteiger partial charge in [0.05, 0.1) is 0 Å². The van der Waals surface area contributed by atoms with E-state index in [2.05, 4.69) is 20.3 Å². The topological polar surface area (TPSA) is 102 Å². The van der Waals surface area contributed by atoms with Crippen LogP contribution >= 0.6 is 11.8 Å². The Bertz CT molecular complexity index is 763. The SMILES string of the molecule is Nc1ccc(CSc2nnc3[nH]c(=O)cnn23)cc1. The van der Waals surface area contributed by atoms with Crippen molar-refractivity contribution in [1.29, 1.82) is 0 Å². The molecule has 96 valence electrons. The first-order valence-electron chi connectivity index (χ1n) is 5.50. The minimum absolute atomic E-state index is 0.296. The van der Waals surface area contributed by atoms with Crippen molar-refractivity contribution >= 4 is 23.2 Å². The molecule has 1 aromatic carbocycles. The van der Waals surface area contributed by atoms with Gasteiger partial charge < -0.3 is 5.73 Å². The normalized spacial score (nSPS) is 10.9. The van der Waals surface area contributed by atoms with Crippen LogP contribution < -0.4 is 11.3 Å². The summed E-state index contributed by atoms with van der Waals surface area (Å²) in [4.78, 5) is 13.6. The quantitative estimate of drug-likeness (QED) is 0.538. The molecule has 0 unspecified atom stereocenters. The first kappa shape index (κ1) is 11.7. The molecule has 0 radical (unpaired) electrons. The number of aromatic nitrogens is 5. The van der Waals surface area contributed by atoms with Gasteiger partial charge in [-0.15, -0.1) is 10.2 Å². The van der Waals surface area contributed by atoms with Gasteiger partial charge in [-0.2, -0.15) is 9.61 Å². The highest BCUT2D eigenvalue weighted by Crippen LogP contribution is 2.20. The summed E-state index contributed by atoms with van der Waals surface area (Å²) in [6.45, 7) is 0. The Morgan fingerprint density at radius 1 is 1.26 bits per heavy atom. The molecule has 0 amide bonds. The lowest BCUT2D eigenvalue weighted by molar-refractivity contribution is 0.790. The number of benzene rings is 1. The number of H-pyrrole nitrogens is 1. The highest BCUT2D eigenvalue weighted by Gasteiger charge is 2.07. The van der Waals surface area contributed by atoms with Gasteiger partial charge in [0.2, 0.25) is 5.16 Å². The lowest BCUT2D eigenvalue weighted by Gasteiger charge is -2.00. The number of nitrogens with two attached hydrogens (primary N) is 1. The monoisotopic (exact) mass is 274 g/mol. The number of nitrogens with zero attached hydrogens (tertiary/aromatic N) is 4. The lowest BCUT2D eigenvalue weighted by atomic mass is 10.2. The number of nitrogens with one attached hydrogen (secondary N) is 1. The third-order valence-corrected chi connectivity index (χ3v) is 3.48. The molecule has 0 spiro atoms. The predicted octanol–water partition coefficient (Wildman–Crippen LogP) is 0.687. The van der Waals surface area contributed by atoms with E-state index in [0.29, 0.717) is 10.9 Å². The average molecular weight is 274 g/mol. The first-order chi connectivity index (χ1) is 9.22. The van der Waals surface area contributed by atoms with Gasteiger partial charge in [0.1, 0.15) is 6.20 Å². The van der Waals surface area contributed by atoms with Crippen molar-refractivity contribution in [3.05, 3.63) is 46.4 Å². The highest BCUT2D eigenvalue weighted by atomic mass is 32.2. The summed E-state index contributed by atoms with van der Waals surface area (Å²) in [7, 11) is 0. The van der Waals surface area contributed by atoms with E-state index >= 15 is 0 Å². The number of fused-ring (bicyclic) bond motifs is 1. The van der Waals surface area contributed by atoms with Crippen LogP contribution in [0.4, 0.5) is 5.69 Å². The van der Waals surface area contributed by atoms with Crippen molar-refractivity contribution in [2.24, 2.45) is 0 Å². The van der Waals surface area contributed by atoms with Crippen LogP contribution in [0.15, 0.2) is 40.4 Å². The van der Waals surface area contributed by atoms with E-state index in [9.17, 15) is 4.79 Å². The number of nitrogen functional groups attached to an aromatic ring is 1. The third kappa shape index (κ3) is 2.43. The second-order valence-corrected chi connectivity index (χ2v) is 4.82. The summed E-state index contributed by atoms with van der Waals surface area (Å²) >= 11 is 1.49. The second kappa shape index (κ2) is 4.73. The molecule has 0 aliphatic rings. The van der Waals surface area contributed by atoms with Crippen LogP contribution in [0.2, 0.25) is 0 Å². The van der Waals surface area contributed by atoms with E-state index in [1.807, 2.05) is 24.3 Å². The van der Waals surface area contributed by atoms with Crippen molar-refractivity contribution in [3.63, 3.8) is 0 Å². The van der Waals surface area contributed by atoms with Crippen LogP contribution in [0.25, 0.3) is 5.78 Å². The Labute approximate surface area is 111 Å². The van der Waals surface area contributed by atoms with Crippen LogP contribution in [-0.4, -0.2) is 24.8 Å². The zero-order chi connectivity index (χ0) is 13.2. The maximum atomic E-state index is 11.1. The molecule has 8 heteroatoms. The Morgan fingerprint density at radius 2 is 2.05 bits per heavy atom. The van der Waals surface area contributed by atoms with Gasteiger partial charge in [-0.05, 0) is 17.7 Å². The maximum Gasteiger partial charge on any atom is 0.271 e. The van der Waals surface area contributed by atoms with Crippen LogP contribution in [-0.2, 0) is 5.75 Å². The molecular formula is C11H10N6OS. The molecule has 0 saturated heterocycles. The highest BCUT2D eigenvalue weighted by molar-refractivity contribution is 7.98. The van der Waals surface area contributed by atoms with Crippen molar-refractivity contribution in [3.8, 4) is 0 Å². The van der Waals surface area contributed by atoms with Gasteiger partial charge >= 0.3 is 0 Å². The fraction of sp³-hybridized carbons (Fsp3) is 0.0909. The zero-order valence-electron chi connectivity index (χ0n) is 9.78. The fourth-order valence-corrected chi connectivity index (χ4v) is 2.39. The molecule has 0 atom stereocenters. The predicted molar refractivity (Wildman–Crippen MR) is 71.8 cm³/mol. The Morgan fingerprint density at radius 3 is 2.84 bits per heavy atom. The van der Waals surface area contributed by atoms with E-state index in [1.165, 1.54) is 22.5 Å². The molecule has 0 bridgehead atoms. The van der Waals surface area contributed by atoms with E-state index in [4.69, 9.17) is 5.73 Å². The van der Waals surface area contributed by atoms with Gasteiger partial charge in [-0.1, -0.05) is 23.9 Å². The van der Waals surface area contributed by atoms with Gasteiger partial charge in [-0.3, -0.25) is 9.78 Å². The minimum Gasteiger partial charge on any atom is -0.399 e. The van der Waals surface area contributed by atoms with E-state index < -0.39 is 0 Å². The van der Waals surface area contributed by atoms with Crippen molar-refractivity contribution in [2.45, 2.75) is 10.9 Å². The number of rotatable bonds is 3. The Balaban J connectivity index is 1.82. The minimum atomic E-state index is -0.296. The largest absolute Gasteiger partial charge is 0.399 e. The smallest absolute Gasteiger partial charge is 0.271 e. The zero-order valence-corrected chi connectivity index (χ0v) is 10.6. The molecule has 0 fully saturated rings. The van der Waals surface area contributed by atoms with E-state index in [-0.39, 0.29) is 5.56 Å². The number of anilines is 1. The van der Waals surface area contributed by atoms with E-state index in [0.717, 1.165) is 17.0 Å². The van der Waals surface area contributed by atoms with Crippen LogP contribution in [0.1, 0.15) is 5.56 Å². The third-order valence-electron chi connectivity index (χ3n) is 2.49. The summed E-state index contributed by atoms with van der Waals surface area (Å²) in [6.07, 6.45) is 1.20. The first-order valence-corrected chi connectivity index (χ1v) is 6.49. The second-order valence-electron chi connectivity index (χ2n) is 3.88. The van der Waals surface area contributed by atoms with E-state index in [1.54, 1.807) is 0 Å². The van der Waals surface area contributed by atoms with Crippen molar-refractivity contribution in [2.75, 3.05) is 5.73 Å². The summed E-state index contributed by atoms with van der Waals surface area (Å²) in [5.41, 5.74) is 7.19. The number of hydrogen-bond acceptors (Lipinski definition) is 6. The Hall–Kier alpha value is -2.35. The van der Waals surface area contributed by atoms with Gasteiger partial charge in [0.15, 0.2) is 0 Å². The molecule has 3 aromatic rings. The van der Waals surface area contributed by atoms with Gasteiger partial charge in [-0.25, -0.2) is 0 Å². The lowest BCUT2D eigenvalue weighted by Crippen LogP contribution is -2.09. The molecule has 0 aliphatic carbocycles. The maximum absolute atomic E-state index is 11.1. The molecule has 19 heavy (non-hydrogen) atoms. The molecule has 0 saturated carbocycles. The van der Waals surface area contributed by atoms with Gasteiger partial charge in [0.25, 0.3) is 11.3 Å². The molecule has 0 aliphatic heterocycles. The summed E-state index contributed by atoms with van der Waals surface area (Å²) in [6, 6.07) is 7.63. The molecule has 3 rings (SSSR count). The molecule has 3 N–H and O–H groups in total. The number of aromatic amines is 1. The molecular weight excluding hydrogens is 264 g/mol. The fourth-order valence-electron chi connectivity index (χ4n) is 1.55. The number of hydrogen-bond donors (Lipinski definition) is 2.